The fraction of sp³-hybridized carbons (Fsp3) is 0.286. The third-order valence-corrected chi connectivity index (χ3v) is 8.04. The molecule has 0 radical (unpaired) electrons. The zero-order chi connectivity index (χ0) is 19.8. The summed E-state index contributed by atoms with van der Waals surface area (Å²) in [5, 5.41) is 2.82. The highest BCUT2D eigenvalue weighted by atomic mass is 79.9. The van der Waals surface area contributed by atoms with E-state index in [2.05, 4.69) is 37.2 Å². The van der Waals surface area contributed by atoms with Crippen LogP contribution in [0.3, 0.4) is 0 Å². The van der Waals surface area contributed by atoms with Gasteiger partial charge in [-0.15, -0.1) is 0 Å². The van der Waals surface area contributed by atoms with Gasteiger partial charge >= 0.3 is 0 Å². The third-order valence-electron chi connectivity index (χ3n) is 5.31. The minimum absolute atomic E-state index is 0.161. The number of nitrogens with zero attached hydrogens (tertiary/aromatic N) is 1. The lowest BCUT2D eigenvalue weighted by molar-refractivity contribution is -0.122. The third kappa shape index (κ3) is 3.53. The molecule has 0 aromatic heterocycles. The highest BCUT2D eigenvalue weighted by Crippen LogP contribution is 2.44. The van der Waals surface area contributed by atoms with Crippen LogP contribution in [0.1, 0.15) is 23.2 Å². The van der Waals surface area contributed by atoms with Gasteiger partial charge in [0.15, 0.2) is 0 Å². The maximum atomic E-state index is 12.9. The molecule has 0 spiro atoms. The van der Waals surface area contributed by atoms with Crippen molar-refractivity contribution in [1.82, 2.24) is 0 Å². The number of hydrogen-bond donors (Lipinski definition) is 1. The molecule has 2 aromatic rings. The van der Waals surface area contributed by atoms with Crippen molar-refractivity contribution in [3.63, 3.8) is 0 Å². The Bertz CT molecular complexity index is 906. The second kappa shape index (κ2) is 7.79. The maximum Gasteiger partial charge on any atom is 0.255 e. The van der Waals surface area contributed by atoms with E-state index in [1.807, 2.05) is 18.2 Å². The predicted molar refractivity (Wildman–Crippen MR) is 115 cm³/mol. The van der Waals surface area contributed by atoms with Crippen molar-refractivity contribution in [2.45, 2.75) is 22.5 Å². The van der Waals surface area contributed by atoms with Gasteiger partial charge in [-0.3, -0.25) is 19.3 Å². The monoisotopic (exact) mass is 504 g/mol. The van der Waals surface area contributed by atoms with E-state index in [9.17, 15) is 14.4 Å². The van der Waals surface area contributed by atoms with Crippen LogP contribution in [0.15, 0.2) is 54.6 Å². The molecule has 0 bridgehead atoms. The van der Waals surface area contributed by atoms with Crippen molar-refractivity contribution in [2.75, 3.05) is 10.2 Å². The lowest BCUT2D eigenvalue weighted by Crippen LogP contribution is -2.34. The number of anilines is 2. The Morgan fingerprint density at radius 2 is 1.50 bits per heavy atom. The number of carbonyl (C=O) groups excluding carboxylic acids is 3. The zero-order valence-corrected chi connectivity index (χ0v) is 18.0. The second-order valence-electron chi connectivity index (χ2n) is 7.10. The quantitative estimate of drug-likeness (QED) is 0.497. The Labute approximate surface area is 179 Å². The summed E-state index contributed by atoms with van der Waals surface area (Å²) in [5.41, 5.74) is 1.53. The van der Waals surface area contributed by atoms with Gasteiger partial charge in [0, 0.05) is 20.9 Å². The molecule has 3 amide bonds. The molecule has 1 saturated heterocycles. The molecule has 1 N–H and O–H groups in total. The molecule has 1 saturated carbocycles. The summed E-state index contributed by atoms with van der Waals surface area (Å²) in [5.74, 6) is -1.27. The highest BCUT2D eigenvalue weighted by molar-refractivity contribution is 9.12. The molecule has 2 aliphatic rings. The lowest BCUT2D eigenvalue weighted by atomic mass is 9.81. The summed E-state index contributed by atoms with van der Waals surface area (Å²) in [6.07, 6.45) is 1.24. The second-order valence-corrected chi connectivity index (χ2v) is 9.45. The van der Waals surface area contributed by atoms with E-state index in [1.165, 1.54) is 4.90 Å². The first-order valence-corrected chi connectivity index (χ1v) is 10.9. The average Bonchev–Trinajstić information content (AvgIpc) is 2.93. The van der Waals surface area contributed by atoms with E-state index in [-0.39, 0.29) is 39.2 Å². The Morgan fingerprint density at radius 1 is 0.893 bits per heavy atom. The molecule has 1 aliphatic carbocycles. The molecule has 28 heavy (non-hydrogen) atoms. The van der Waals surface area contributed by atoms with Crippen molar-refractivity contribution >= 4 is 61.0 Å². The molecule has 2 fully saturated rings. The lowest BCUT2D eigenvalue weighted by Gasteiger charge is -2.29. The van der Waals surface area contributed by atoms with Gasteiger partial charge in [0.1, 0.15) is 0 Å². The number of para-hydroxylation sites is 1. The van der Waals surface area contributed by atoms with Crippen molar-refractivity contribution < 1.29 is 14.4 Å². The largest absolute Gasteiger partial charge is 0.322 e. The van der Waals surface area contributed by atoms with Crippen LogP contribution in [0, 0.1) is 11.8 Å². The standard InChI is InChI=1S/C21H18Br2N2O3/c22-17-10-15-16(11-18(17)23)21(28)25(20(15)27)14-8-4-5-12(9-14)19(26)24-13-6-2-1-3-7-13/h1-9,15-18H,10-11H2,(H,24,26)/t15-,16+,17+,18-. The summed E-state index contributed by atoms with van der Waals surface area (Å²) in [6, 6.07) is 15.8. The molecule has 0 unspecified atom stereocenters. The van der Waals surface area contributed by atoms with Crippen LogP contribution in [0.4, 0.5) is 11.4 Å². The molecule has 2 aromatic carbocycles. The van der Waals surface area contributed by atoms with Crippen LogP contribution in [-0.2, 0) is 9.59 Å². The van der Waals surface area contributed by atoms with Crippen LogP contribution in [0.2, 0.25) is 0 Å². The topological polar surface area (TPSA) is 66.5 Å². The number of fused-ring (bicyclic) bond motifs is 1. The fourth-order valence-electron chi connectivity index (χ4n) is 3.86. The Balaban J connectivity index is 1.58. The summed E-state index contributed by atoms with van der Waals surface area (Å²) in [4.78, 5) is 40.0. The summed E-state index contributed by atoms with van der Waals surface area (Å²) in [6.45, 7) is 0. The van der Waals surface area contributed by atoms with E-state index in [1.54, 1.807) is 36.4 Å². The van der Waals surface area contributed by atoms with E-state index in [0.717, 1.165) is 0 Å². The van der Waals surface area contributed by atoms with Gasteiger partial charge in [-0.25, -0.2) is 0 Å². The Morgan fingerprint density at radius 3 is 2.11 bits per heavy atom. The van der Waals surface area contributed by atoms with E-state index in [4.69, 9.17) is 0 Å². The van der Waals surface area contributed by atoms with Gasteiger partial charge in [-0.2, -0.15) is 0 Å². The summed E-state index contributed by atoms with van der Waals surface area (Å²) < 4.78 is 0. The normalized spacial score (nSPS) is 26.9. The molecular formula is C21H18Br2N2O3. The number of carbonyl (C=O) groups is 3. The van der Waals surface area contributed by atoms with E-state index < -0.39 is 0 Å². The molecule has 1 heterocycles. The average molecular weight is 506 g/mol. The van der Waals surface area contributed by atoms with Crippen molar-refractivity contribution in [1.29, 1.82) is 0 Å². The summed E-state index contributed by atoms with van der Waals surface area (Å²) >= 11 is 7.19. The number of nitrogens with one attached hydrogen (secondary N) is 1. The van der Waals surface area contributed by atoms with Gasteiger partial charge in [-0.05, 0) is 43.2 Å². The van der Waals surface area contributed by atoms with Gasteiger partial charge < -0.3 is 5.32 Å². The number of amides is 3. The number of benzene rings is 2. The van der Waals surface area contributed by atoms with Gasteiger partial charge in [0.05, 0.1) is 17.5 Å². The minimum Gasteiger partial charge on any atom is -0.322 e. The molecule has 4 rings (SSSR count). The minimum atomic E-state index is -0.313. The van der Waals surface area contributed by atoms with Gasteiger partial charge in [0.25, 0.3) is 5.91 Å². The zero-order valence-electron chi connectivity index (χ0n) is 14.8. The first kappa shape index (κ1) is 19.3. The van der Waals surface area contributed by atoms with Crippen LogP contribution in [0.25, 0.3) is 0 Å². The van der Waals surface area contributed by atoms with Crippen molar-refractivity contribution in [2.24, 2.45) is 11.8 Å². The summed E-state index contributed by atoms with van der Waals surface area (Å²) in [7, 11) is 0. The van der Waals surface area contributed by atoms with Crippen molar-refractivity contribution in [3.8, 4) is 0 Å². The molecular weight excluding hydrogens is 488 g/mol. The fourth-order valence-corrected chi connectivity index (χ4v) is 5.10. The first-order valence-electron chi connectivity index (χ1n) is 9.08. The maximum absolute atomic E-state index is 12.9. The Hall–Kier alpha value is -1.99. The molecule has 4 atom stereocenters. The van der Waals surface area contributed by atoms with Gasteiger partial charge in [-0.1, -0.05) is 56.1 Å². The number of halogens is 2. The number of rotatable bonds is 3. The molecule has 1 aliphatic heterocycles. The van der Waals surface area contributed by atoms with Crippen molar-refractivity contribution in [3.05, 3.63) is 60.2 Å². The molecule has 5 nitrogen and oxygen atoms in total. The Kier molecular flexibility index (Phi) is 5.38. The first-order chi connectivity index (χ1) is 13.5. The smallest absolute Gasteiger partial charge is 0.255 e. The highest BCUT2D eigenvalue weighted by Gasteiger charge is 2.52. The van der Waals surface area contributed by atoms with Gasteiger partial charge in [0.2, 0.25) is 11.8 Å². The van der Waals surface area contributed by atoms with Crippen LogP contribution in [-0.4, -0.2) is 27.4 Å². The number of imide groups is 1. The SMILES string of the molecule is O=C(Nc1ccccc1)c1cccc(N2C(=O)[C@H]3C[C@@H](Br)[C@@H](Br)C[C@H]3C2=O)c1. The molecule has 144 valence electrons. The number of hydrogen-bond acceptors (Lipinski definition) is 3. The van der Waals surface area contributed by atoms with Crippen LogP contribution in [0.5, 0.6) is 0 Å². The van der Waals surface area contributed by atoms with Crippen LogP contribution < -0.4 is 10.2 Å². The van der Waals surface area contributed by atoms with E-state index in [0.29, 0.717) is 29.8 Å². The molecule has 7 heteroatoms. The van der Waals surface area contributed by atoms with E-state index >= 15 is 0 Å². The van der Waals surface area contributed by atoms with Crippen LogP contribution >= 0.6 is 31.9 Å². The number of alkyl halides is 2. The predicted octanol–water partition coefficient (Wildman–Crippen LogP) is 4.37.